The van der Waals surface area contributed by atoms with E-state index in [9.17, 15) is 4.79 Å². The standard InChI is InChI=1S/C22H28ClN5O2/c23-16-5-6-19-18(13-16)22(27-9-11-30-12-10-27)25-20(24-19)14-26-7-8-28(21(29)15-26)17-3-1-2-4-17/h5-6,13,17H,1-4,7-12,14-15H2. The van der Waals surface area contributed by atoms with Crippen molar-refractivity contribution >= 4 is 34.2 Å². The quantitative estimate of drug-likeness (QED) is 0.744. The van der Waals surface area contributed by atoms with Crippen molar-refractivity contribution in [3.05, 3.63) is 29.0 Å². The maximum atomic E-state index is 12.8. The molecular formula is C22H28ClN5O2. The van der Waals surface area contributed by atoms with Crippen LogP contribution in [0, 0.1) is 0 Å². The van der Waals surface area contributed by atoms with Gasteiger partial charge < -0.3 is 14.5 Å². The van der Waals surface area contributed by atoms with Gasteiger partial charge in [0.1, 0.15) is 11.6 Å². The van der Waals surface area contributed by atoms with Gasteiger partial charge in [0.25, 0.3) is 0 Å². The van der Waals surface area contributed by atoms with Crippen LogP contribution in [-0.4, -0.2) is 77.7 Å². The molecule has 8 heteroatoms. The molecule has 160 valence electrons. The van der Waals surface area contributed by atoms with Gasteiger partial charge in [-0.05, 0) is 31.0 Å². The van der Waals surface area contributed by atoms with Crippen LogP contribution in [0.5, 0.6) is 0 Å². The number of fused-ring (bicyclic) bond motifs is 1. The van der Waals surface area contributed by atoms with Crippen LogP contribution < -0.4 is 4.90 Å². The average Bonchev–Trinajstić information content (AvgIpc) is 3.29. The first-order valence-electron chi connectivity index (χ1n) is 11.0. The number of piperazine rings is 1. The van der Waals surface area contributed by atoms with Crippen molar-refractivity contribution in [2.45, 2.75) is 38.3 Å². The topological polar surface area (TPSA) is 61.8 Å². The molecular weight excluding hydrogens is 402 g/mol. The van der Waals surface area contributed by atoms with Crippen molar-refractivity contribution in [2.75, 3.05) is 50.8 Å². The Balaban J connectivity index is 1.36. The van der Waals surface area contributed by atoms with Crippen LogP contribution in [0.15, 0.2) is 18.2 Å². The maximum Gasteiger partial charge on any atom is 0.237 e. The lowest BCUT2D eigenvalue weighted by Gasteiger charge is -2.37. The van der Waals surface area contributed by atoms with Gasteiger partial charge in [0.15, 0.2) is 0 Å². The molecule has 5 rings (SSSR count). The van der Waals surface area contributed by atoms with E-state index in [2.05, 4.69) is 14.7 Å². The smallest absolute Gasteiger partial charge is 0.237 e. The van der Waals surface area contributed by atoms with Crippen molar-refractivity contribution in [1.82, 2.24) is 19.8 Å². The van der Waals surface area contributed by atoms with Crippen LogP contribution in [0.25, 0.3) is 10.9 Å². The van der Waals surface area contributed by atoms with Crippen molar-refractivity contribution in [1.29, 1.82) is 0 Å². The van der Waals surface area contributed by atoms with Gasteiger partial charge in [0.05, 0.1) is 31.8 Å². The molecule has 1 amide bonds. The number of carbonyl (C=O) groups excluding carboxylic acids is 1. The van der Waals surface area contributed by atoms with E-state index in [1.807, 2.05) is 18.2 Å². The number of nitrogens with zero attached hydrogens (tertiary/aromatic N) is 5. The molecule has 7 nitrogen and oxygen atoms in total. The number of hydrogen-bond acceptors (Lipinski definition) is 6. The molecule has 3 aliphatic rings. The monoisotopic (exact) mass is 429 g/mol. The molecule has 2 aromatic rings. The first-order valence-corrected chi connectivity index (χ1v) is 11.4. The summed E-state index contributed by atoms with van der Waals surface area (Å²) in [6, 6.07) is 6.22. The largest absolute Gasteiger partial charge is 0.378 e. The van der Waals surface area contributed by atoms with Gasteiger partial charge in [0.2, 0.25) is 5.91 Å². The third-order valence-corrected chi connectivity index (χ3v) is 6.70. The molecule has 0 radical (unpaired) electrons. The fraction of sp³-hybridized carbons (Fsp3) is 0.591. The molecule has 1 saturated carbocycles. The fourth-order valence-electron chi connectivity index (χ4n) is 4.89. The Morgan fingerprint density at radius 3 is 2.63 bits per heavy atom. The number of anilines is 1. The molecule has 2 saturated heterocycles. The zero-order valence-corrected chi connectivity index (χ0v) is 18.0. The Morgan fingerprint density at radius 2 is 1.87 bits per heavy atom. The molecule has 2 aliphatic heterocycles. The summed E-state index contributed by atoms with van der Waals surface area (Å²) in [6.45, 7) is 5.71. The lowest BCUT2D eigenvalue weighted by Crippen LogP contribution is -2.53. The number of ether oxygens (including phenoxy) is 1. The first-order chi connectivity index (χ1) is 14.7. The van der Waals surface area contributed by atoms with Gasteiger partial charge in [-0.15, -0.1) is 0 Å². The minimum atomic E-state index is 0.245. The van der Waals surface area contributed by atoms with Crippen molar-refractivity contribution in [3.63, 3.8) is 0 Å². The van der Waals surface area contributed by atoms with Crippen LogP contribution in [-0.2, 0) is 16.1 Å². The highest BCUT2D eigenvalue weighted by molar-refractivity contribution is 6.31. The van der Waals surface area contributed by atoms with E-state index in [0.717, 1.165) is 61.6 Å². The predicted octanol–water partition coefficient (Wildman–Crippen LogP) is 2.71. The number of amides is 1. The molecule has 1 aromatic heterocycles. The van der Waals surface area contributed by atoms with Crippen LogP contribution in [0.4, 0.5) is 5.82 Å². The number of morpholine rings is 1. The summed E-state index contributed by atoms with van der Waals surface area (Å²) in [4.78, 5) is 29.0. The molecule has 1 aromatic carbocycles. The van der Waals surface area contributed by atoms with E-state index >= 15 is 0 Å². The van der Waals surface area contributed by atoms with Crippen molar-refractivity contribution < 1.29 is 9.53 Å². The Bertz CT molecular complexity index is 927. The SMILES string of the molecule is O=C1CN(Cc2nc(N3CCOCC3)c3cc(Cl)ccc3n2)CCN1C1CCCC1. The highest BCUT2D eigenvalue weighted by Gasteiger charge is 2.31. The summed E-state index contributed by atoms with van der Waals surface area (Å²) >= 11 is 6.26. The van der Waals surface area contributed by atoms with Gasteiger partial charge in [0, 0.05) is 42.6 Å². The van der Waals surface area contributed by atoms with Gasteiger partial charge in [-0.3, -0.25) is 9.69 Å². The summed E-state index contributed by atoms with van der Waals surface area (Å²) in [6.07, 6.45) is 4.81. The van der Waals surface area contributed by atoms with Crippen LogP contribution in [0.1, 0.15) is 31.5 Å². The second kappa shape index (κ2) is 8.65. The van der Waals surface area contributed by atoms with E-state index in [4.69, 9.17) is 26.3 Å². The second-order valence-corrected chi connectivity index (χ2v) is 8.90. The van der Waals surface area contributed by atoms with Gasteiger partial charge in [-0.2, -0.15) is 0 Å². The third-order valence-electron chi connectivity index (χ3n) is 6.46. The number of aromatic nitrogens is 2. The van der Waals surface area contributed by atoms with E-state index < -0.39 is 0 Å². The van der Waals surface area contributed by atoms with Gasteiger partial charge in [-0.25, -0.2) is 9.97 Å². The number of rotatable bonds is 4. The lowest BCUT2D eigenvalue weighted by atomic mass is 10.1. The van der Waals surface area contributed by atoms with Crippen LogP contribution in [0.2, 0.25) is 5.02 Å². The molecule has 3 heterocycles. The van der Waals surface area contributed by atoms with E-state index in [0.29, 0.717) is 37.4 Å². The summed E-state index contributed by atoms with van der Waals surface area (Å²) in [7, 11) is 0. The number of halogens is 1. The average molecular weight is 430 g/mol. The first kappa shape index (κ1) is 20.0. The van der Waals surface area contributed by atoms with Crippen molar-refractivity contribution in [3.8, 4) is 0 Å². The summed E-state index contributed by atoms with van der Waals surface area (Å²) in [5.74, 6) is 1.92. The van der Waals surface area contributed by atoms with E-state index in [1.165, 1.54) is 12.8 Å². The van der Waals surface area contributed by atoms with E-state index in [1.54, 1.807) is 0 Å². The molecule has 0 spiro atoms. The minimum Gasteiger partial charge on any atom is -0.378 e. The predicted molar refractivity (Wildman–Crippen MR) is 117 cm³/mol. The molecule has 0 unspecified atom stereocenters. The maximum absolute atomic E-state index is 12.8. The van der Waals surface area contributed by atoms with Gasteiger partial charge in [-0.1, -0.05) is 24.4 Å². The zero-order valence-electron chi connectivity index (χ0n) is 17.2. The molecule has 30 heavy (non-hydrogen) atoms. The highest BCUT2D eigenvalue weighted by Crippen LogP contribution is 2.28. The number of carbonyl (C=O) groups is 1. The van der Waals surface area contributed by atoms with Gasteiger partial charge >= 0.3 is 0 Å². The summed E-state index contributed by atoms with van der Waals surface area (Å²) < 4.78 is 5.51. The number of hydrogen-bond donors (Lipinski definition) is 0. The molecule has 3 fully saturated rings. The third kappa shape index (κ3) is 4.11. The Hall–Kier alpha value is -1.96. The molecule has 0 bridgehead atoms. The normalized spacial score (nSPS) is 21.7. The minimum absolute atomic E-state index is 0.245. The summed E-state index contributed by atoms with van der Waals surface area (Å²) in [5, 5.41) is 1.65. The number of benzene rings is 1. The molecule has 0 atom stereocenters. The second-order valence-electron chi connectivity index (χ2n) is 8.46. The fourth-order valence-corrected chi connectivity index (χ4v) is 5.06. The molecule has 1 aliphatic carbocycles. The highest BCUT2D eigenvalue weighted by atomic mass is 35.5. The van der Waals surface area contributed by atoms with Crippen LogP contribution >= 0.6 is 11.6 Å². The zero-order chi connectivity index (χ0) is 20.5. The Morgan fingerprint density at radius 1 is 1.07 bits per heavy atom. The lowest BCUT2D eigenvalue weighted by molar-refractivity contribution is -0.138. The Labute approximate surface area is 182 Å². The Kier molecular flexibility index (Phi) is 5.76. The van der Waals surface area contributed by atoms with Crippen molar-refractivity contribution in [2.24, 2.45) is 0 Å². The summed E-state index contributed by atoms with van der Waals surface area (Å²) in [5.41, 5.74) is 0.891. The van der Waals surface area contributed by atoms with Crippen LogP contribution in [0.3, 0.4) is 0 Å². The van der Waals surface area contributed by atoms with E-state index in [-0.39, 0.29) is 5.91 Å². The molecule has 0 N–H and O–H groups in total.